The highest BCUT2D eigenvalue weighted by atomic mass is 16.1. The van der Waals surface area contributed by atoms with E-state index in [1.165, 1.54) is 5.57 Å². The average molecular weight is 374 g/mol. The third-order valence-electron chi connectivity index (χ3n) is 5.00. The van der Waals surface area contributed by atoms with Gasteiger partial charge in [0.05, 0.1) is 11.4 Å². The van der Waals surface area contributed by atoms with Gasteiger partial charge in [0, 0.05) is 18.7 Å². The molecule has 1 unspecified atom stereocenters. The number of amides is 1. The molecule has 3 rings (SSSR count). The molecular weight excluding hydrogens is 346 g/mol. The molecule has 2 aromatic carbocycles. The van der Waals surface area contributed by atoms with E-state index in [0.717, 1.165) is 24.1 Å². The summed E-state index contributed by atoms with van der Waals surface area (Å²) in [6.07, 6.45) is 7.62. The third-order valence-corrected chi connectivity index (χ3v) is 5.00. The standard InChI is InChI=1S/C24H27N3O/c1-17-7-3-4-8-21(17)16-26-15-18(2)19-11-13-20(14-12-19)24(28)27-23-10-6-5-9-22(23)25/h3-6,8-14,17,26H,2,7,15-16,25H2,1H3,(H,27,28). The highest BCUT2D eigenvalue weighted by molar-refractivity contribution is 6.05. The number of benzene rings is 2. The van der Waals surface area contributed by atoms with Gasteiger partial charge in [-0.1, -0.05) is 61.6 Å². The Hall–Kier alpha value is -3.11. The number of nitrogen functional groups attached to an aromatic ring is 1. The monoisotopic (exact) mass is 373 g/mol. The first-order chi connectivity index (χ1) is 13.5. The number of allylic oxidation sites excluding steroid dienone is 3. The largest absolute Gasteiger partial charge is 0.397 e. The summed E-state index contributed by atoms with van der Waals surface area (Å²) in [5.41, 5.74) is 11.1. The summed E-state index contributed by atoms with van der Waals surface area (Å²) in [7, 11) is 0. The number of nitrogens with two attached hydrogens (primary N) is 1. The van der Waals surface area contributed by atoms with Gasteiger partial charge in [-0.2, -0.15) is 0 Å². The summed E-state index contributed by atoms with van der Waals surface area (Å²) < 4.78 is 0. The predicted molar refractivity (Wildman–Crippen MR) is 118 cm³/mol. The Labute approximate surface area is 166 Å². The number of hydrogen-bond donors (Lipinski definition) is 3. The zero-order chi connectivity index (χ0) is 19.9. The molecule has 0 aromatic heterocycles. The first-order valence-electron chi connectivity index (χ1n) is 9.55. The average Bonchev–Trinajstić information content (AvgIpc) is 2.71. The summed E-state index contributed by atoms with van der Waals surface area (Å²) in [5.74, 6) is 0.404. The van der Waals surface area contributed by atoms with E-state index >= 15 is 0 Å². The Kier molecular flexibility index (Phi) is 6.45. The van der Waals surface area contributed by atoms with Crippen molar-refractivity contribution < 1.29 is 4.79 Å². The summed E-state index contributed by atoms with van der Waals surface area (Å²) in [6.45, 7) is 7.99. The van der Waals surface area contributed by atoms with Crippen LogP contribution in [-0.4, -0.2) is 19.0 Å². The molecule has 4 nitrogen and oxygen atoms in total. The fourth-order valence-electron chi connectivity index (χ4n) is 3.15. The van der Waals surface area contributed by atoms with E-state index in [1.807, 2.05) is 36.4 Å². The fourth-order valence-corrected chi connectivity index (χ4v) is 3.15. The number of rotatable bonds is 7. The molecule has 4 heteroatoms. The Balaban J connectivity index is 1.54. The number of nitrogens with one attached hydrogen (secondary N) is 2. The van der Waals surface area contributed by atoms with E-state index in [9.17, 15) is 4.79 Å². The Morgan fingerprint density at radius 1 is 1.14 bits per heavy atom. The molecule has 28 heavy (non-hydrogen) atoms. The SMILES string of the molecule is C=C(CNCC1=CC=CCC1C)c1ccc(C(=O)Nc2ccccc2N)cc1. The molecule has 0 aliphatic heterocycles. The number of carbonyl (C=O) groups is 1. The van der Waals surface area contributed by atoms with Gasteiger partial charge in [-0.05, 0) is 47.7 Å². The van der Waals surface area contributed by atoms with E-state index < -0.39 is 0 Å². The second-order valence-electron chi connectivity index (χ2n) is 7.13. The van der Waals surface area contributed by atoms with Gasteiger partial charge < -0.3 is 16.4 Å². The van der Waals surface area contributed by atoms with Crippen molar-refractivity contribution in [3.63, 3.8) is 0 Å². The maximum absolute atomic E-state index is 12.4. The van der Waals surface area contributed by atoms with Crippen LogP contribution in [0.15, 0.2) is 78.9 Å². The normalized spacial score (nSPS) is 15.8. The van der Waals surface area contributed by atoms with Crippen molar-refractivity contribution in [1.82, 2.24) is 5.32 Å². The molecular formula is C24H27N3O. The molecule has 4 N–H and O–H groups in total. The molecule has 0 bridgehead atoms. The minimum absolute atomic E-state index is 0.181. The van der Waals surface area contributed by atoms with Gasteiger partial charge >= 0.3 is 0 Å². The van der Waals surface area contributed by atoms with Crippen LogP contribution < -0.4 is 16.4 Å². The van der Waals surface area contributed by atoms with E-state index in [4.69, 9.17) is 5.73 Å². The quantitative estimate of drug-likeness (QED) is 0.619. The molecule has 0 radical (unpaired) electrons. The lowest BCUT2D eigenvalue weighted by molar-refractivity contribution is 0.102. The lowest BCUT2D eigenvalue weighted by Gasteiger charge is -2.18. The molecule has 2 aromatic rings. The van der Waals surface area contributed by atoms with Crippen molar-refractivity contribution in [2.75, 3.05) is 24.1 Å². The molecule has 0 heterocycles. The molecule has 0 saturated carbocycles. The van der Waals surface area contributed by atoms with Crippen molar-refractivity contribution in [3.05, 3.63) is 90.0 Å². The molecule has 0 fully saturated rings. The first kappa shape index (κ1) is 19.6. The maximum atomic E-state index is 12.4. The van der Waals surface area contributed by atoms with E-state index in [0.29, 0.717) is 29.4 Å². The van der Waals surface area contributed by atoms with Gasteiger partial charge in [-0.3, -0.25) is 4.79 Å². The second kappa shape index (κ2) is 9.20. The van der Waals surface area contributed by atoms with Crippen LogP contribution in [-0.2, 0) is 0 Å². The van der Waals surface area contributed by atoms with E-state index in [2.05, 4.69) is 42.4 Å². The smallest absolute Gasteiger partial charge is 0.255 e. The maximum Gasteiger partial charge on any atom is 0.255 e. The Bertz CT molecular complexity index is 910. The van der Waals surface area contributed by atoms with Crippen molar-refractivity contribution in [3.8, 4) is 0 Å². The summed E-state index contributed by atoms with van der Waals surface area (Å²) >= 11 is 0. The van der Waals surface area contributed by atoms with Crippen LogP contribution in [0.2, 0.25) is 0 Å². The minimum atomic E-state index is -0.181. The first-order valence-corrected chi connectivity index (χ1v) is 9.55. The number of para-hydroxylation sites is 2. The van der Waals surface area contributed by atoms with Gasteiger partial charge in [0.1, 0.15) is 0 Å². The fraction of sp³-hybridized carbons (Fsp3) is 0.208. The minimum Gasteiger partial charge on any atom is -0.397 e. The molecule has 1 aliphatic rings. The van der Waals surface area contributed by atoms with Crippen LogP contribution in [0, 0.1) is 5.92 Å². The summed E-state index contributed by atoms with van der Waals surface area (Å²) in [4.78, 5) is 12.4. The van der Waals surface area contributed by atoms with Gasteiger partial charge in [-0.15, -0.1) is 0 Å². The zero-order valence-electron chi connectivity index (χ0n) is 16.2. The molecule has 0 saturated heterocycles. The van der Waals surface area contributed by atoms with Crippen LogP contribution in [0.1, 0.15) is 29.3 Å². The molecule has 0 spiro atoms. The highest BCUT2D eigenvalue weighted by Crippen LogP contribution is 2.20. The van der Waals surface area contributed by atoms with E-state index in [-0.39, 0.29) is 5.91 Å². The lowest BCUT2D eigenvalue weighted by atomic mass is 9.93. The highest BCUT2D eigenvalue weighted by Gasteiger charge is 2.10. The molecule has 1 aliphatic carbocycles. The molecule has 1 atom stereocenters. The number of carbonyl (C=O) groups excluding carboxylic acids is 1. The number of anilines is 2. The van der Waals surface area contributed by atoms with Gasteiger partial charge in [0.15, 0.2) is 0 Å². The van der Waals surface area contributed by atoms with Crippen molar-refractivity contribution in [1.29, 1.82) is 0 Å². The Morgan fingerprint density at radius 2 is 1.86 bits per heavy atom. The van der Waals surface area contributed by atoms with Crippen molar-refractivity contribution in [2.24, 2.45) is 5.92 Å². The van der Waals surface area contributed by atoms with Crippen molar-refractivity contribution in [2.45, 2.75) is 13.3 Å². The lowest BCUT2D eigenvalue weighted by Crippen LogP contribution is -2.22. The summed E-state index contributed by atoms with van der Waals surface area (Å²) in [6, 6.07) is 14.7. The molecule has 144 valence electrons. The summed E-state index contributed by atoms with van der Waals surface area (Å²) in [5, 5.41) is 6.30. The van der Waals surface area contributed by atoms with E-state index in [1.54, 1.807) is 12.1 Å². The Morgan fingerprint density at radius 3 is 2.57 bits per heavy atom. The van der Waals surface area contributed by atoms with Crippen molar-refractivity contribution >= 4 is 22.9 Å². The van der Waals surface area contributed by atoms with Gasteiger partial charge in [0.2, 0.25) is 0 Å². The third kappa shape index (κ3) is 4.99. The van der Waals surface area contributed by atoms with Gasteiger partial charge in [-0.25, -0.2) is 0 Å². The number of hydrogen-bond acceptors (Lipinski definition) is 3. The van der Waals surface area contributed by atoms with Crippen LogP contribution in [0.25, 0.3) is 5.57 Å². The zero-order valence-corrected chi connectivity index (χ0v) is 16.2. The molecule has 1 amide bonds. The topological polar surface area (TPSA) is 67.2 Å². The second-order valence-corrected chi connectivity index (χ2v) is 7.13. The van der Waals surface area contributed by atoms with Crippen LogP contribution >= 0.6 is 0 Å². The van der Waals surface area contributed by atoms with Crippen LogP contribution in [0.4, 0.5) is 11.4 Å². The van der Waals surface area contributed by atoms with Gasteiger partial charge in [0.25, 0.3) is 5.91 Å². The van der Waals surface area contributed by atoms with Crippen LogP contribution in [0.5, 0.6) is 0 Å². The van der Waals surface area contributed by atoms with Crippen LogP contribution in [0.3, 0.4) is 0 Å². The predicted octanol–water partition coefficient (Wildman–Crippen LogP) is 4.65.